The molecule has 1 N–H and O–H groups in total. The van der Waals surface area contributed by atoms with Crippen LogP contribution in [-0.4, -0.2) is 24.6 Å². The maximum absolute atomic E-state index is 12.8. The summed E-state index contributed by atoms with van der Waals surface area (Å²) in [5.74, 6) is 1.33. The Kier molecular flexibility index (Phi) is 6.89. The fourth-order valence-corrected chi connectivity index (χ4v) is 3.59. The van der Waals surface area contributed by atoms with Crippen LogP contribution in [0, 0.1) is 0 Å². The number of para-hydroxylation sites is 2. The van der Waals surface area contributed by atoms with Crippen LogP contribution in [0.2, 0.25) is 0 Å². The zero-order valence-corrected chi connectivity index (χ0v) is 17.8. The number of nitrogens with one attached hydrogen (secondary N) is 1. The quantitative estimate of drug-likeness (QED) is 0.501. The SMILES string of the molecule is CCOc1c(Br)cc(C(=O)Nc2ccccc2OCc2cscn2)cc1OC. The summed E-state index contributed by atoms with van der Waals surface area (Å²) in [5.41, 5.74) is 3.60. The first-order chi connectivity index (χ1) is 13.6. The van der Waals surface area contributed by atoms with Gasteiger partial charge in [0.2, 0.25) is 0 Å². The molecule has 0 saturated heterocycles. The molecule has 3 aromatic rings. The van der Waals surface area contributed by atoms with Crippen LogP contribution < -0.4 is 19.5 Å². The molecule has 3 rings (SSSR count). The fourth-order valence-electron chi connectivity index (χ4n) is 2.49. The third-order valence-electron chi connectivity index (χ3n) is 3.77. The van der Waals surface area contributed by atoms with E-state index in [1.54, 1.807) is 29.8 Å². The summed E-state index contributed by atoms with van der Waals surface area (Å²) >= 11 is 4.95. The first-order valence-corrected chi connectivity index (χ1v) is 10.3. The van der Waals surface area contributed by atoms with Crippen LogP contribution in [0.3, 0.4) is 0 Å². The van der Waals surface area contributed by atoms with Gasteiger partial charge in [-0.05, 0) is 47.1 Å². The number of rotatable bonds is 8. The lowest BCUT2D eigenvalue weighted by Crippen LogP contribution is -2.13. The van der Waals surface area contributed by atoms with E-state index in [1.807, 2.05) is 24.4 Å². The van der Waals surface area contributed by atoms with Gasteiger partial charge in [-0.2, -0.15) is 0 Å². The lowest BCUT2D eigenvalue weighted by molar-refractivity contribution is 0.102. The molecule has 0 radical (unpaired) electrons. The number of hydrogen-bond acceptors (Lipinski definition) is 6. The molecule has 6 nitrogen and oxygen atoms in total. The van der Waals surface area contributed by atoms with Crippen molar-refractivity contribution in [2.75, 3.05) is 19.0 Å². The van der Waals surface area contributed by atoms with Crippen LogP contribution in [0.25, 0.3) is 0 Å². The normalized spacial score (nSPS) is 10.4. The van der Waals surface area contributed by atoms with Gasteiger partial charge in [-0.25, -0.2) is 4.98 Å². The highest BCUT2D eigenvalue weighted by molar-refractivity contribution is 9.10. The Morgan fingerprint density at radius 1 is 1.21 bits per heavy atom. The summed E-state index contributed by atoms with van der Waals surface area (Å²) < 4.78 is 17.4. The number of benzene rings is 2. The zero-order valence-electron chi connectivity index (χ0n) is 15.4. The van der Waals surface area contributed by atoms with Crippen molar-refractivity contribution >= 4 is 38.9 Å². The van der Waals surface area contributed by atoms with Gasteiger partial charge in [0, 0.05) is 10.9 Å². The van der Waals surface area contributed by atoms with Crippen molar-refractivity contribution in [3.8, 4) is 17.2 Å². The number of ether oxygens (including phenoxy) is 3. The van der Waals surface area contributed by atoms with Crippen molar-refractivity contribution in [1.29, 1.82) is 0 Å². The maximum atomic E-state index is 12.8. The highest BCUT2D eigenvalue weighted by atomic mass is 79.9. The van der Waals surface area contributed by atoms with Gasteiger partial charge in [-0.1, -0.05) is 12.1 Å². The van der Waals surface area contributed by atoms with Crippen molar-refractivity contribution in [3.63, 3.8) is 0 Å². The minimum atomic E-state index is -0.285. The predicted octanol–water partition coefficient (Wildman–Crippen LogP) is 5.14. The number of nitrogens with zero attached hydrogens (tertiary/aromatic N) is 1. The molecule has 28 heavy (non-hydrogen) atoms. The lowest BCUT2D eigenvalue weighted by Gasteiger charge is -2.15. The van der Waals surface area contributed by atoms with Gasteiger partial charge in [0.1, 0.15) is 12.4 Å². The number of methoxy groups -OCH3 is 1. The summed E-state index contributed by atoms with van der Waals surface area (Å²) in [4.78, 5) is 17.0. The molecule has 0 bridgehead atoms. The Morgan fingerprint density at radius 3 is 2.75 bits per heavy atom. The Labute approximate surface area is 175 Å². The summed E-state index contributed by atoms with van der Waals surface area (Å²) in [6.45, 7) is 2.71. The number of amides is 1. The van der Waals surface area contributed by atoms with E-state index in [0.717, 1.165) is 5.69 Å². The number of thiazole rings is 1. The maximum Gasteiger partial charge on any atom is 0.255 e. The van der Waals surface area contributed by atoms with Gasteiger partial charge < -0.3 is 19.5 Å². The minimum absolute atomic E-state index is 0.285. The van der Waals surface area contributed by atoms with E-state index >= 15 is 0 Å². The molecular formula is C20H19BrN2O4S. The third-order valence-corrected chi connectivity index (χ3v) is 5.00. The van der Waals surface area contributed by atoms with Gasteiger partial charge in [-0.3, -0.25) is 4.79 Å². The number of carbonyl (C=O) groups is 1. The molecule has 1 aromatic heterocycles. The number of halogens is 1. The first kappa shape index (κ1) is 20.2. The van der Waals surface area contributed by atoms with Crippen LogP contribution in [0.15, 0.2) is 51.8 Å². The molecule has 0 aliphatic rings. The van der Waals surface area contributed by atoms with Crippen LogP contribution in [0.4, 0.5) is 5.69 Å². The van der Waals surface area contributed by atoms with Gasteiger partial charge in [0.05, 0.1) is 35.1 Å². The topological polar surface area (TPSA) is 69.7 Å². The average molecular weight is 463 g/mol. The van der Waals surface area contributed by atoms with Gasteiger partial charge in [-0.15, -0.1) is 11.3 Å². The molecule has 1 amide bonds. The Hall–Kier alpha value is -2.58. The van der Waals surface area contributed by atoms with Crippen molar-refractivity contribution in [2.24, 2.45) is 0 Å². The van der Waals surface area contributed by atoms with E-state index in [9.17, 15) is 4.79 Å². The monoisotopic (exact) mass is 462 g/mol. The number of hydrogen-bond donors (Lipinski definition) is 1. The van der Waals surface area contributed by atoms with E-state index in [-0.39, 0.29) is 5.91 Å². The molecule has 0 saturated carbocycles. The van der Waals surface area contributed by atoms with E-state index < -0.39 is 0 Å². The summed E-state index contributed by atoms with van der Waals surface area (Å²) in [6.07, 6.45) is 0. The molecule has 2 aromatic carbocycles. The first-order valence-electron chi connectivity index (χ1n) is 8.53. The van der Waals surface area contributed by atoms with Crippen LogP contribution in [0.5, 0.6) is 17.2 Å². The smallest absolute Gasteiger partial charge is 0.255 e. The number of anilines is 1. The second-order valence-corrected chi connectivity index (χ2v) is 7.21. The molecule has 8 heteroatoms. The molecule has 0 aliphatic carbocycles. The Morgan fingerprint density at radius 2 is 2.04 bits per heavy atom. The minimum Gasteiger partial charge on any atom is -0.493 e. The Balaban J connectivity index is 1.78. The van der Waals surface area contributed by atoms with E-state index in [1.165, 1.54) is 18.4 Å². The molecule has 0 unspecified atom stereocenters. The van der Waals surface area contributed by atoms with Gasteiger partial charge in [0.15, 0.2) is 11.5 Å². The zero-order chi connectivity index (χ0) is 19.9. The summed E-state index contributed by atoms with van der Waals surface area (Å²) in [5, 5.41) is 4.81. The van der Waals surface area contributed by atoms with Gasteiger partial charge >= 0.3 is 0 Å². The molecule has 0 atom stereocenters. The number of aromatic nitrogens is 1. The average Bonchev–Trinajstić information content (AvgIpc) is 3.22. The van der Waals surface area contributed by atoms with Crippen LogP contribution in [0.1, 0.15) is 23.0 Å². The molecule has 0 fully saturated rings. The number of carbonyl (C=O) groups excluding carboxylic acids is 1. The predicted molar refractivity (Wildman–Crippen MR) is 113 cm³/mol. The summed E-state index contributed by atoms with van der Waals surface area (Å²) in [7, 11) is 1.54. The molecule has 1 heterocycles. The molecule has 0 spiro atoms. The van der Waals surface area contributed by atoms with Gasteiger partial charge in [0.25, 0.3) is 5.91 Å². The highest BCUT2D eigenvalue weighted by Gasteiger charge is 2.17. The van der Waals surface area contributed by atoms with E-state index in [0.29, 0.717) is 46.2 Å². The van der Waals surface area contributed by atoms with Crippen molar-refractivity contribution in [1.82, 2.24) is 4.98 Å². The molecule has 146 valence electrons. The fraction of sp³-hybridized carbons (Fsp3) is 0.200. The largest absolute Gasteiger partial charge is 0.493 e. The second-order valence-electron chi connectivity index (χ2n) is 5.64. The van der Waals surface area contributed by atoms with Crippen LogP contribution in [-0.2, 0) is 6.61 Å². The lowest BCUT2D eigenvalue weighted by atomic mass is 10.1. The highest BCUT2D eigenvalue weighted by Crippen LogP contribution is 2.37. The van der Waals surface area contributed by atoms with Crippen molar-refractivity contribution in [2.45, 2.75) is 13.5 Å². The Bertz CT molecular complexity index is 947. The molecular weight excluding hydrogens is 444 g/mol. The van der Waals surface area contributed by atoms with Crippen LogP contribution >= 0.6 is 27.3 Å². The second kappa shape index (κ2) is 9.57. The van der Waals surface area contributed by atoms with E-state index in [4.69, 9.17) is 14.2 Å². The van der Waals surface area contributed by atoms with Crippen molar-refractivity contribution < 1.29 is 19.0 Å². The molecule has 0 aliphatic heterocycles. The summed E-state index contributed by atoms with van der Waals surface area (Å²) in [6, 6.07) is 10.6. The third kappa shape index (κ3) is 4.82. The van der Waals surface area contributed by atoms with E-state index in [2.05, 4.69) is 26.2 Å². The van der Waals surface area contributed by atoms with Crippen molar-refractivity contribution in [3.05, 3.63) is 63.0 Å². The standard InChI is InChI=1S/C20H19BrN2O4S/c1-3-26-19-15(21)8-13(9-18(19)25-2)20(24)23-16-6-4-5-7-17(16)27-10-14-11-28-12-22-14/h4-9,11-12H,3,10H2,1-2H3,(H,23,24).